The van der Waals surface area contributed by atoms with Crippen LogP contribution in [-0.4, -0.2) is 41.1 Å². The molecule has 168 valence electrons. The van der Waals surface area contributed by atoms with Crippen LogP contribution in [0.5, 0.6) is 0 Å². The van der Waals surface area contributed by atoms with Crippen LogP contribution in [0.2, 0.25) is 0 Å². The zero-order chi connectivity index (χ0) is 22.8. The molecule has 3 aromatic rings. The molecule has 7 nitrogen and oxygen atoms in total. The summed E-state index contributed by atoms with van der Waals surface area (Å²) in [5, 5.41) is 3.64. The molecule has 1 amide bonds. The Bertz CT molecular complexity index is 1010. The van der Waals surface area contributed by atoms with Crippen LogP contribution in [-0.2, 0) is 23.6 Å². The van der Waals surface area contributed by atoms with Crippen molar-refractivity contribution in [2.45, 2.75) is 37.9 Å². The first-order valence-corrected chi connectivity index (χ1v) is 11.6. The molecule has 0 aliphatic rings. The average molecular weight is 452 g/mol. The van der Waals surface area contributed by atoms with Crippen molar-refractivity contribution in [3.8, 4) is 0 Å². The molecule has 0 saturated heterocycles. The van der Waals surface area contributed by atoms with Crippen molar-refractivity contribution in [1.82, 2.24) is 20.3 Å². The molecule has 1 aromatic carbocycles. The van der Waals surface area contributed by atoms with Crippen LogP contribution in [0.1, 0.15) is 41.0 Å². The van der Waals surface area contributed by atoms with Crippen LogP contribution in [0.3, 0.4) is 0 Å². The third kappa shape index (κ3) is 6.77. The lowest BCUT2D eigenvalue weighted by molar-refractivity contribution is 0.0951. The predicted molar refractivity (Wildman–Crippen MR) is 128 cm³/mol. The number of anilines is 1. The van der Waals surface area contributed by atoms with E-state index in [4.69, 9.17) is 9.72 Å². The summed E-state index contributed by atoms with van der Waals surface area (Å²) >= 11 is 1.55. The lowest BCUT2D eigenvalue weighted by atomic mass is 10.1. The minimum Gasteiger partial charge on any atom is -0.378 e. The van der Waals surface area contributed by atoms with E-state index in [1.807, 2.05) is 42.5 Å². The highest BCUT2D eigenvalue weighted by atomic mass is 32.2. The van der Waals surface area contributed by atoms with Gasteiger partial charge >= 0.3 is 0 Å². The van der Waals surface area contributed by atoms with Gasteiger partial charge in [-0.1, -0.05) is 30.0 Å². The number of hydrogen-bond acceptors (Lipinski definition) is 7. The highest BCUT2D eigenvalue weighted by Gasteiger charge is 2.11. The van der Waals surface area contributed by atoms with Gasteiger partial charge in [-0.15, -0.1) is 0 Å². The number of pyridine rings is 1. The monoisotopic (exact) mass is 451 g/mol. The van der Waals surface area contributed by atoms with Crippen LogP contribution < -0.4 is 10.2 Å². The number of methoxy groups -OCH3 is 1. The molecule has 0 spiro atoms. The quantitative estimate of drug-likeness (QED) is 0.347. The smallest absolute Gasteiger partial charge is 0.251 e. The summed E-state index contributed by atoms with van der Waals surface area (Å²) in [6, 6.07) is 13.4. The molecule has 3 rings (SSSR count). The van der Waals surface area contributed by atoms with Crippen molar-refractivity contribution in [3.63, 3.8) is 0 Å². The van der Waals surface area contributed by atoms with Crippen LogP contribution in [0.25, 0.3) is 0 Å². The second kappa shape index (κ2) is 12.2. The molecule has 32 heavy (non-hydrogen) atoms. The predicted octanol–water partition coefficient (Wildman–Crippen LogP) is 4.09. The number of carbonyl (C=O) groups excluding carboxylic acids is 1. The lowest BCUT2D eigenvalue weighted by Gasteiger charge is -2.20. The van der Waals surface area contributed by atoms with Gasteiger partial charge < -0.3 is 15.0 Å². The molecule has 0 bridgehead atoms. The van der Waals surface area contributed by atoms with Crippen LogP contribution in [0, 0.1) is 0 Å². The van der Waals surface area contributed by atoms with Gasteiger partial charge in [-0.2, -0.15) is 0 Å². The summed E-state index contributed by atoms with van der Waals surface area (Å²) in [6.07, 6.45) is 3.46. The number of thioether (sulfide) groups is 1. The molecule has 0 radical (unpaired) electrons. The number of amides is 1. The number of rotatable bonds is 11. The van der Waals surface area contributed by atoms with Gasteiger partial charge in [0.15, 0.2) is 5.16 Å². The number of carbonyl (C=O) groups is 1. The Morgan fingerprint density at radius 2 is 1.91 bits per heavy atom. The van der Waals surface area contributed by atoms with Gasteiger partial charge in [0.25, 0.3) is 5.91 Å². The third-order valence-corrected chi connectivity index (χ3v) is 5.78. The zero-order valence-corrected chi connectivity index (χ0v) is 19.6. The molecule has 0 atom stereocenters. The molecule has 0 saturated carbocycles. The molecular formula is C24H29N5O2S. The van der Waals surface area contributed by atoms with E-state index < -0.39 is 0 Å². The van der Waals surface area contributed by atoms with E-state index in [1.165, 1.54) is 0 Å². The Balaban J connectivity index is 1.67. The topological polar surface area (TPSA) is 80.2 Å². The van der Waals surface area contributed by atoms with Gasteiger partial charge in [-0.05, 0) is 43.2 Å². The fourth-order valence-electron chi connectivity index (χ4n) is 3.19. The zero-order valence-electron chi connectivity index (χ0n) is 18.7. The van der Waals surface area contributed by atoms with E-state index in [2.05, 4.69) is 34.0 Å². The van der Waals surface area contributed by atoms with Crippen molar-refractivity contribution >= 4 is 23.5 Å². The Hall–Kier alpha value is -2.97. The second-order valence-corrected chi connectivity index (χ2v) is 8.08. The first-order valence-electron chi connectivity index (χ1n) is 10.6. The molecule has 0 aliphatic heterocycles. The first kappa shape index (κ1) is 23.7. The minimum atomic E-state index is -0.108. The van der Waals surface area contributed by atoms with Gasteiger partial charge in [0.2, 0.25) is 0 Å². The normalized spacial score (nSPS) is 10.7. The van der Waals surface area contributed by atoms with Crippen molar-refractivity contribution in [3.05, 3.63) is 77.2 Å². The van der Waals surface area contributed by atoms with Gasteiger partial charge in [-0.3, -0.25) is 9.78 Å². The molecule has 1 N–H and O–H groups in total. The average Bonchev–Trinajstić information content (AvgIpc) is 2.83. The number of hydrogen-bond donors (Lipinski definition) is 1. The molecule has 0 unspecified atom stereocenters. The van der Waals surface area contributed by atoms with Gasteiger partial charge in [0.05, 0.1) is 12.3 Å². The minimum absolute atomic E-state index is 0.108. The molecule has 0 fully saturated rings. The highest BCUT2D eigenvalue weighted by molar-refractivity contribution is 7.98. The number of nitrogens with one attached hydrogen (secondary N) is 1. The standard InChI is InChI=1S/C24H29N5O2S/c1-4-29(5-2)22-13-21(16-31-3)27-24(28-22)32-17-18-8-6-10-20(12-18)23(30)26-15-19-9-7-11-25-14-19/h6-14H,4-5,15-17H2,1-3H3,(H,26,30). The van der Waals surface area contributed by atoms with Crippen molar-refractivity contribution in [1.29, 1.82) is 0 Å². The Morgan fingerprint density at radius 1 is 1.09 bits per heavy atom. The number of benzene rings is 1. The lowest BCUT2D eigenvalue weighted by Crippen LogP contribution is -2.23. The van der Waals surface area contributed by atoms with E-state index in [-0.39, 0.29) is 5.91 Å². The van der Waals surface area contributed by atoms with E-state index >= 15 is 0 Å². The van der Waals surface area contributed by atoms with E-state index in [1.54, 1.807) is 31.3 Å². The summed E-state index contributed by atoms with van der Waals surface area (Å²) in [7, 11) is 1.66. The van der Waals surface area contributed by atoms with E-state index in [0.29, 0.717) is 29.6 Å². The summed E-state index contributed by atoms with van der Waals surface area (Å²) < 4.78 is 5.28. The maximum Gasteiger partial charge on any atom is 0.251 e. The van der Waals surface area contributed by atoms with Crippen molar-refractivity contribution in [2.24, 2.45) is 0 Å². The second-order valence-electron chi connectivity index (χ2n) is 7.14. The number of nitrogens with zero attached hydrogens (tertiary/aromatic N) is 4. The van der Waals surface area contributed by atoms with Gasteiger partial charge in [0, 0.05) is 56.5 Å². The van der Waals surface area contributed by atoms with Crippen molar-refractivity contribution in [2.75, 3.05) is 25.1 Å². The summed E-state index contributed by atoms with van der Waals surface area (Å²) in [5.74, 6) is 1.46. The van der Waals surface area contributed by atoms with E-state index in [0.717, 1.165) is 35.7 Å². The third-order valence-electron chi connectivity index (χ3n) is 4.86. The molecule has 2 heterocycles. The summed E-state index contributed by atoms with van der Waals surface area (Å²) in [5.41, 5.74) is 3.49. The SMILES string of the molecule is CCN(CC)c1cc(COC)nc(SCc2cccc(C(=O)NCc3cccnc3)c2)n1. The maximum atomic E-state index is 12.6. The van der Waals surface area contributed by atoms with Crippen LogP contribution in [0.15, 0.2) is 60.0 Å². The Morgan fingerprint density at radius 3 is 2.62 bits per heavy atom. The van der Waals surface area contributed by atoms with E-state index in [9.17, 15) is 4.79 Å². The first-order chi connectivity index (χ1) is 15.6. The Kier molecular flexibility index (Phi) is 9.01. The maximum absolute atomic E-state index is 12.6. The Labute approximate surface area is 193 Å². The highest BCUT2D eigenvalue weighted by Crippen LogP contribution is 2.23. The van der Waals surface area contributed by atoms with Crippen molar-refractivity contribution < 1.29 is 9.53 Å². The van der Waals surface area contributed by atoms with Crippen LogP contribution >= 0.6 is 11.8 Å². The van der Waals surface area contributed by atoms with Gasteiger partial charge in [-0.25, -0.2) is 9.97 Å². The largest absolute Gasteiger partial charge is 0.378 e. The summed E-state index contributed by atoms with van der Waals surface area (Å²) in [6.45, 7) is 6.86. The number of ether oxygens (including phenoxy) is 1. The number of aromatic nitrogens is 3. The fraction of sp³-hybridized carbons (Fsp3) is 0.333. The summed E-state index contributed by atoms with van der Waals surface area (Å²) in [4.78, 5) is 28.2. The molecule has 2 aromatic heterocycles. The molecule has 0 aliphatic carbocycles. The van der Waals surface area contributed by atoms with Gasteiger partial charge in [0.1, 0.15) is 5.82 Å². The fourth-order valence-corrected chi connectivity index (χ4v) is 4.01. The van der Waals surface area contributed by atoms with Crippen LogP contribution in [0.4, 0.5) is 5.82 Å². The molecular weight excluding hydrogens is 422 g/mol. The molecule has 8 heteroatoms.